The standard InChI is InChI=1S/C17H12N4O2/c18-10-11-4-3-5-12(8-11)19-16(22)9-15-13-6-1-2-7-14(13)17(23)21-20-15/h1-8H,9H2,(H,19,22)(H,21,23). The predicted molar refractivity (Wildman–Crippen MR) is 85.9 cm³/mol. The maximum Gasteiger partial charge on any atom is 0.272 e. The third-order valence-electron chi connectivity index (χ3n) is 3.38. The van der Waals surface area contributed by atoms with Crippen LogP contribution in [0.2, 0.25) is 0 Å². The molecule has 0 aliphatic rings. The Morgan fingerprint density at radius 2 is 1.96 bits per heavy atom. The average Bonchev–Trinajstić information content (AvgIpc) is 2.58. The molecule has 6 heteroatoms. The van der Waals surface area contributed by atoms with Crippen molar-refractivity contribution in [2.24, 2.45) is 0 Å². The molecular formula is C17H12N4O2. The van der Waals surface area contributed by atoms with Crippen LogP contribution < -0.4 is 10.9 Å². The van der Waals surface area contributed by atoms with E-state index in [9.17, 15) is 9.59 Å². The van der Waals surface area contributed by atoms with E-state index < -0.39 is 0 Å². The Morgan fingerprint density at radius 1 is 1.17 bits per heavy atom. The van der Waals surface area contributed by atoms with E-state index in [0.717, 1.165) is 0 Å². The molecule has 1 aromatic heterocycles. The maximum atomic E-state index is 12.2. The van der Waals surface area contributed by atoms with Crippen LogP contribution in [-0.4, -0.2) is 16.1 Å². The Balaban J connectivity index is 1.85. The number of aromatic amines is 1. The van der Waals surface area contributed by atoms with Gasteiger partial charge in [-0.15, -0.1) is 0 Å². The van der Waals surface area contributed by atoms with Gasteiger partial charge in [0.25, 0.3) is 5.56 Å². The highest BCUT2D eigenvalue weighted by Gasteiger charge is 2.11. The lowest BCUT2D eigenvalue weighted by Crippen LogP contribution is -2.18. The lowest BCUT2D eigenvalue weighted by atomic mass is 10.1. The molecule has 0 saturated carbocycles. The highest BCUT2D eigenvalue weighted by Crippen LogP contribution is 2.14. The third kappa shape index (κ3) is 3.09. The van der Waals surface area contributed by atoms with Crippen molar-refractivity contribution in [3.8, 4) is 6.07 Å². The first kappa shape index (κ1) is 14.5. The smallest absolute Gasteiger partial charge is 0.272 e. The van der Waals surface area contributed by atoms with Crippen molar-refractivity contribution >= 4 is 22.4 Å². The van der Waals surface area contributed by atoms with Gasteiger partial charge >= 0.3 is 0 Å². The predicted octanol–water partition coefficient (Wildman–Crippen LogP) is 1.98. The monoisotopic (exact) mass is 304 g/mol. The highest BCUT2D eigenvalue weighted by atomic mass is 16.1. The van der Waals surface area contributed by atoms with E-state index >= 15 is 0 Å². The normalized spacial score (nSPS) is 10.2. The van der Waals surface area contributed by atoms with Gasteiger partial charge in [-0.25, -0.2) is 5.10 Å². The summed E-state index contributed by atoms with van der Waals surface area (Å²) in [6.07, 6.45) is 0.0219. The van der Waals surface area contributed by atoms with Crippen molar-refractivity contribution < 1.29 is 4.79 Å². The number of benzene rings is 2. The number of anilines is 1. The minimum absolute atomic E-state index is 0.0219. The van der Waals surface area contributed by atoms with Gasteiger partial charge in [-0.3, -0.25) is 9.59 Å². The maximum absolute atomic E-state index is 12.2. The number of nitriles is 1. The molecule has 0 fully saturated rings. The lowest BCUT2D eigenvalue weighted by molar-refractivity contribution is -0.115. The molecule has 112 valence electrons. The molecule has 23 heavy (non-hydrogen) atoms. The Bertz CT molecular complexity index is 986. The van der Waals surface area contributed by atoms with Gasteiger partial charge in [0.2, 0.25) is 5.91 Å². The topological polar surface area (TPSA) is 98.6 Å². The molecule has 0 aliphatic carbocycles. The van der Waals surface area contributed by atoms with Crippen molar-refractivity contribution in [2.75, 3.05) is 5.32 Å². The van der Waals surface area contributed by atoms with Gasteiger partial charge < -0.3 is 5.32 Å². The fraction of sp³-hybridized carbons (Fsp3) is 0.0588. The molecule has 0 unspecified atom stereocenters. The molecule has 0 aliphatic heterocycles. The van der Waals surface area contributed by atoms with Crippen LogP contribution in [0.15, 0.2) is 53.3 Å². The van der Waals surface area contributed by atoms with Crippen LogP contribution in [0.5, 0.6) is 0 Å². The minimum atomic E-state index is -0.286. The minimum Gasteiger partial charge on any atom is -0.326 e. The number of H-pyrrole nitrogens is 1. The summed E-state index contributed by atoms with van der Waals surface area (Å²) >= 11 is 0. The van der Waals surface area contributed by atoms with E-state index in [1.165, 1.54) is 0 Å². The summed E-state index contributed by atoms with van der Waals surface area (Å²) in [5.41, 5.74) is 1.22. The Morgan fingerprint density at radius 3 is 2.74 bits per heavy atom. The molecule has 0 spiro atoms. The van der Waals surface area contributed by atoms with Gasteiger partial charge in [-0.1, -0.05) is 24.3 Å². The summed E-state index contributed by atoms with van der Waals surface area (Å²) in [5, 5.41) is 19.1. The van der Waals surface area contributed by atoms with Gasteiger partial charge in [0.1, 0.15) is 0 Å². The second-order valence-electron chi connectivity index (χ2n) is 4.96. The SMILES string of the molecule is N#Cc1cccc(NC(=O)Cc2n[nH]c(=O)c3ccccc23)c1. The summed E-state index contributed by atoms with van der Waals surface area (Å²) in [7, 11) is 0. The Kier molecular flexibility index (Phi) is 3.85. The highest BCUT2D eigenvalue weighted by molar-refractivity contribution is 5.95. The number of fused-ring (bicyclic) bond motifs is 1. The molecule has 2 N–H and O–H groups in total. The molecule has 6 nitrogen and oxygen atoms in total. The van der Waals surface area contributed by atoms with Crippen LogP contribution in [0.3, 0.4) is 0 Å². The first-order valence-corrected chi connectivity index (χ1v) is 6.93. The number of rotatable bonds is 3. The molecule has 0 radical (unpaired) electrons. The van der Waals surface area contributed by atoms with E-state index in [1.54, 1.807) is 48.5 Å². The number of nitrogens with zero attached hydrogens (tertiary/aromatic N) is 2. The summed E-state index contributed by atoms with van der Waals surface area (Å²) in [6, 6.07) is 15.7. The van der Waals surface area contributed by atoms with Crippen molar-refractivity contribution in [3.05, 3.63) is 70.1 Å². The summed E-state index contributed by atoms with van der Waals surface area (Å²) in [4.78, 5) is 23.9. The fourth-order valence-corrected chi connectivity index (χ4v) is 2.33. The van der Waals surface area contributed by atoms with Gasteiger partial charge in [0.05, 0.1) is 29.1 Å². The van der Waals surface area contributed by atoms with Gasteiger partial charge in [0, 0.05) is 11.1 Å². The van der Waals surface area contributed by atoms with Gasteiger partial charge in [-0.05, 0) is 24.3 Å². The largest absolute Gasteiger partial charge is 0.326 e. The summed E-state index contributed by atoms with van der Waals surface area (Å²) in [5.74, 6) is -0.273. The van der Waals surface area contributed by atoms with Crippen molar-refractivity contribution in [1.82, 2.24) is 10.2 Å². The average molecular weight is 304 g/mol. The number of hydrogen-bond donors (Lipinski definition) is 2. The molecule has 0 atom stereocenters. The Hall–Kier alpha value is -3.46. The molecule has 1 heterocycles. The van der Waals surface area contributed by atoms with Crippen LogP contribution in [0.1, 0.15) is 11.3 Å². The van der Waals surface area contributed by atoms with Crippen LogP contribution in [-0.2, 0) is 11.2 Å². The molecule has 2 aromatic carbocycles. The van der Waals surface area contributed by atoms with Crippen molar-refractivity contribution in [1.29, 1.82) is 5.26 Å². The number of amides is 1. The zero-order valence-electron chi connectivity index (χ0n) is 12.0. The number of nitrogens with one attached hydrogen (secondary N) is 2. The van der Waals surface area contributed by atoms with Crippen LogP contribution in [0.25, 0.3) is 10.8 Å². The Labute approximate surface area is 131 Å². The molecule has 0 saturated heterocycles. The molecule has 1 amide bonds. The first-order valence-electron chi connectivity index (χ1n) is 6.93. The van der Waals surface area contributed by atoms with E-state index in [2.05, 4.69) is 15.5 Å². The van der Waals surface area contributed by atoms with Crippen LogP contribution in [0, 0.1) is 11.3 Å². The lowest BCUT2D eigenvalue weighted by Gasteiger charge is -2.07. The second-order valence-corrected chi connectivity index (χ2v) is 4.96. The van der Waals surface area contributed by atoms with Crippen LogP contribution >= 0.6 is 0 Å². The number of hydrogen-bond acceptors (Lipinski definition) is 4. The zero-order valence-corrected chi connectivity index (χ0v) is 12.0. The van der Waals surface area contributed by atoms with Crippen LogP contribution in [0.4, 0.5) is 5.69 Å². The number of carbonyl (C=O) groups is 1. The molecule has 3 rings (SSSR count). The van der Waals surface area contributed by atoms with E-state index in [1.807, 2.05) is 6.07 Å². The first-order chi connectivity index (χ1) is 11.2. The number of carbonyl (C=O) groups excluding carboxylic acids is 1. The van der Waals surface area contributed by atoms with Gasteiger partial charge in [0.15, 0.2) is 0 Å². The second kappa shape index (κ2) is 6.12. The third-order valence-corrected chi connectivity index (χ3v) is 3.38. The zero-order chi connectivity index (χ0) is 16.2. The van der Waals surface area contributed by atoms with Crippen molar-refractivity contribution in [2.45, 2.75) is 6.42 Å². The molecular weight excluding hydrogens is 292 g/mol. The fourth-order valence-electron chi connectivity index (χ4n) is 2.33. The van der Waals surface area contributed by atoms with E-state index in [0.29, 0.717) is 27.7 Å². The van der Waals surface area contributed by atoms with E-state index in [-0.39, 0.29) is 17.9 Å². The van der Waals surface area contributed by atoms with Gasteiger partial charge in [-0.2, -0.15) is 10.4 Å². The molecule has 0 bridgehead atoms. The molecule has 3 aromatic rings. The van der Waals surface area contributed by atoms with E-state index in [4.69, 9.17) is 5.26 Å². The quantitative estimate of drug-likeness (QED) is 0.773. The number of aromatic nitrogens is 2. The summed E-state index contributed by atoms with van der Waals surface area (Å²) < 4.78 is 0. The summed E-state index contributed by atoms with van der Waals surface area (Å²) in [6.45, 7) is 0. The van der Waals surface area contributed by atoms with Crippen molar-refractivity contribution in [3.63, 3.8) is 0 Å².